The van der Waals surface area contributed by atoms with Gasteiger partial charge in [-0.15, -0.1) is 68.0 Å². The summed E-state index contributed by atoms with van der Waals surface area (Å²) in [6, 6.07) is 9.76. The van der Waals surface area contributed by atoms with Crippen LogP contribution in [0.3, 0.4) is 0 Å². The van der Waals surface area contributed by atoms with Crippen LogP contribution in [0.25, 0.3) is 43.4 Å². The molecule has 0 bridgehead atoms. The third-order valence-electron chi connectivity index (χ3n) is 14.9. The van der Waals surface area contributed by atoms with Crippen LogP contribution in [0, 0.1) is 24.7 Å². The number of rotatable bonds is 29. The van der Waals surface area contributed by atoms with Crippen LogP contribution in [0.1, 0.15) is 151 Å². The summed E-state index contributed by atoms with van der Waals surface area (Å²) in [6.07, 6.45) is 1.55. The number of ether oxygens (including phenoxy) is 1. The summed E-state index contributed by atoms with van der Waals surface area (Å²) >= 11 is 7.33. The van der Waals surface area contributed by atoms with Crippen molar-refractivity contribution in [2.75, 3.05) is 32.1 Å². The number of aryl methyl sites for hydroxylation is 1. The highest BCUT2D eigenvalue weighted by Gasteiger charge is 2.35. The highest BCUT2D eigenvalue weighted by Crippen LogP contribution is 2.41. The number of amides is 5. The first-order valence-electron chi connectivity index (χ1n) is 28.8. The average Bonchev–Trinajstić information content (AvgIpc) is 1.77. The molecule has 7 heterocycles. The van der Waals surface area contributed by atoms with Crippen molar-refractivity contribution in [3.63, 3.8) is 0 Å². The van der Waals surface area contributed by atoms with Crippen molar-refractivity contribution < 1.29 is 58.4 Å². The van der Waals surface area contributed by atoms with Crippen molar-refractivity contribution in [2.45, 2.75) is 103 Å². The molecule has 0 aliphatic heterocycles. The van der Waals surface area contributed by atoms with E-state index in [1.54, 1.807) is 75.8 Å². The lowest BCUT2D eigenvalue weighted by Crippen LogP contribution is -2.40. The number of nitrogens with two attached hydrogens (primary N) is 1. The van der Waals surface area contributed by atoms with Gasteiger partial charge in [0, 0.05) is 71.4 Å². The zero-order valence-corrected chi connectivity index (χ0v) is 54.8. The number of pyridine rings is 1. The Balaban J connectivity index is 0.935. The predicted molar refractivity (Wildman–Crippen MR) is 346 cm³/mol. The highest BCUT2D eigenvalue weighted by molar-refractivity contribution is 7.15. The molecule has 9 N–H and O–H groups in total. The lowest BCUT2D eigenvalue weighted by atomic mass is 9.81. The van der Waals surface area contributed by atoms with Crippen LogP contribution in [0.2, 0.25) is 0 Å². The van der Waals surface area contributed by atoms with Gasteiger partial charge in [-0.3, -0.25) is 43.3 Å². The van der Waals surface area contributed by atoms with Gasteiger partial charge in [0.2, 0.25) is 17.7 Å². The number of aliphatic hydroxyl groups is 1. The molecular weight excluding hydrogens is 1290 g/mol. The molecule has 1 aliphatic carbocycles. The summed E-state index contributed by atoms with van der Waals surface area (Å²) in [5, 5.41) is 51.4. The van der Waals surface area contributed by atoms with Gasteiger partial charge in [-0.1, -0.05) is 44.2 Å². The molecule has 1 unspecified atom stereocenters. The summed E-state index contributed by atoms with van der Waals surface area (Å²) in [5.74, 6) is -4.92. The zero-order valence-electron chi connectivity index (χ0n) is 49.9. The van der Waals surface area contributed by atoms with E-state index >= 15 is 0 Å². The number of thiazole rings is 6. The standard InChI is InChI=1S/C60H65N13O12S6/c1-29(2)45(70-52(81)46-30(3)90-54(71-46)36(61)21-42(75)62-4)58-72-48(40(91-58)24-85-5)51(80)63-22-43(76)69-49(50(79)31-11-7-6-8-12-31)57-67-39(27-88-57)56-66-38(26-87-56)47-35(53-64-34(23-74)25-86-53)18-19-37(65-47)55-68-41(28-89-55)73(20-10-9-13-44(77)78)59(82)32-14-16-33(17-15-32)60(83)84/h6-8,11-12,18-19,23,25-29,32-33,36,45,49-50,79H,9-10,13-17,20-22,24,61H2,1-5H3,(H,62,75)(H,63,80)(H,69,76)(H,70,81)(H,77,78)(H,83,84)/t32?,33?,36-,45?,49-,50-/m0/s1. The number of carboxylic acid groups (broad SMARTS) is 2. The average molecular weight is 1350 g/mol. The van der Waals surface area contributed by atoms with Crippen LogP contribution in [-0.2, 0) is 35.3 Å². The highest BCUT2D eigenvalue weighted by atomic mass is 32.1. The number of hydrogen-bond acceptors (Lipinski definition) is 24. The summed E-state index contributed by atoms with van der Waals surface area (Å²) in [7, 11) is 2.97. The largest absolute Gasteiger partial charge is 0.481 e. The van der Waals surface area contributed by atoms with Crippen LogP contribution < -0.4 is 31.9 Å². The molecule has 25 nitrogen and oxygen atoms in total. The second kappa shape index (κ2) is 30.9. The third kappa shape index (κ3) is 16.6. The molecule has 9 rings (SSSR count). The molecule has 1 fully saturated rings. The molecule has 0 spiro atoms. The summed E-state index contributed by atoms with van der Waals surface area (Å²) in [4.78, 5) is 139. The van der Waals surface area contributed by atoms with Gasteiger partial charge in [-0.25, -0.2) is 34.9 Å². The Morgan fingerprint density at radius 3 is 2.12 bits per heavy atom. The van der Waals surface area contributed by atoms with E-state index in [2.05, 4.69) is 36.2 Å². The Kier molecular flexibility index (Phi) is 22.9. The van der Waals surface area contributed by atoms with E-state index in [4.69, 9.17) is 30.4 Å². The van der Waals surface area contributed by atoms with E-state index in [9.17, 15) is 53.7 Å². The maximum absolute atomic E-state index is 14.2. The summed E-state index contributed by atoms with van der Waals surface area (Å²) in [5.41, 5.74) is 9.34. The molecule has 91 heavy (non-hydrogen) atoms. The number of aliphatic hydroxyl groups excluding tert-OH is 1. The zero-order chi connectivity index (χ0) is 65.0. The fourth-order valence-electron chi connectivity index (χ4n) is 10.0. The van der Waals surface area contributed by atoms with Gasteiger partial charge in [0.05, 0.1) is 41.7 Å². The fraction of sp³-hybridized carbons (Fsp3) is 0.383. The molecule has 4 atom stereocenters. The summed E-state index contributed by atoms with van der Waals surface area (Å²) < 4.78 is 5.44. The number of nitrogens with one attached hydrogen (secondary N) is 4. The molecular formula is C60H65N13O12S6. The first kappa shape index (κ1) is 67.4. The van der Waals surface area contributed by atoms with E-state index in [0.717, 1.165) is 0 Å². The number of nitrogens with zero attached hydrogens (tertiary/aromatic N) is 8. The van der Waals surface area contributed by atoms with Crippen LogP contribution in [0.5, 0.6) is 0 Å². The topological polar surface area (TPSA) is 374 Å². The number of anilines is 1. The van der Waals surface area contributed by atoms with E-state index in [-0.39, 0.29) is 60.8 Å². The van der Waals surface area contributed by atoms with Crippen molar-refractivity contribution in [2.24, 2.45) is 23.5 Å². The van der Waals surface area contributed by atoms with Crippen LogP contribution in [0.4, 0.5) is 5.82 Å². The minimum absolute atomic E-state index is 0.000736. The lowest BCUT2D eigenvalue weighted by Gasteiger charge is -2.30. The number of carbonyl (C=O) groups excluding carboxylic acids is 6. The Bertz CT molecular complexity index is 3930. The van der Waals surface area contributed by atoms with Crippen LogP contribution in [0.15, 0.2) is 64.0 Å². The SMILES string of the molecule is CNC(=O)C[C@H](N)c1nc(C(=O)NC(c2nc(C(=O)NCC(=O)N[C@H](c3nc(-c4nc(-c5nc(-c6nc(N(CCCCC(=O)O)C(=O)C7CCC(C(=O)O)CC7)cs6)ccc5-c5nc(C=O)cs5)cs4)cs3)[C@@H](O)c3ccccc3)c(COC)s2)C(C)C)c(C)s1. The Morgan fingerprint density at radius 2 is 1.43 bits per heavy atom. The number of carbonyl (C=O) groups is 8. The van der Waals surface area contributed by atoms with Gasteiger partial charge in [-0.05, 0) is 69.1 Å². The smallest absolute Gasteiger partial charge is 0.306 e. The number of aliphatic carboxylic acids is 2. The summed E-state index contributed by atoms with van der Waals surface area (Å²) in [6.45, 7) is 5.18. The lowest BCUT2D eigenvalue weighted by molar-refractivity contribution is -0.144. The van der Waals surface area contributed by atoms with E-state index in [1.807, 2.05) is 13.8 Å². The van der Waals surface area contributed by atoms with Crippen molar-refractivity contribution in [3.05, 3.63) is 111 Å². The minimum Gasteiger partial charge on any atom is -0.481 e. The van der Waals surface area contributed by atoms with Gasteiger partial charge < -0.3 is 47.1 Å². The van der Waals surface area contributed by atoms with Gasteiger partial charge in [-0.2, -0.15) is 0 Å². The molecule has 0 radical (unpaired) electrons. The number of unbranched alkanes of at least 4 members (excludes halogenated alkanes) is 1. The minimum atomic E-state index is -1.31. The quantitative estimate of drug-likeness (QED) is 0.0160. The molecule has 1 saturated carbocycles. The maximum Gasteiger partial charge on any atom is 0.306 e. The van der Waals surface area contributed by atoms with Crippen molar-refractivity contribution in [3.8, 4) is 43.4 Å². The monoisotopic (exact) mass is 1350 g/mol. The van der Waals surface area contributed by atoms with Crippen molar-refractivity contribution in [1.82, 2.24) is 56.2 Å². The number of methoxy groups -OCH3 is 1. The second-order valence-corrected chi connectivity index (χ2v) is 27.4. The molecule has 1 aromatic carbocycles. The molecule has 1 aliphatic rings. The second-order valence-electron chi connectivity index (χ2n) is 21.6. The number of aldehydes is 1. The van der Waals surface area contributed by atoms with E-state index in [1.165, 1.54) is 82.2 Å². The predicted octanol–water partition coefficient (Wildman–Crippen LogP) is 8.82. The van der Waals surface area contributed by atoms with Gasteiger partial charge in [0.15, 0.2) is 6.29 Å². The van der Waals surface area contributed by atoms with Crippen molar-refractivity contribution in [1.29, 1.82) is 0 Å². The van der Waals surface area contributed by atoms with Crippen molar-refractivity contribution >= 4 is 122 Å². The molecule has 5 amide bonds. The molecule has 7 aromatic heterocycles. The molecule has 8 aromatic rings. The van der Waals surface area contributed by atoms with E-state index < -0.39 is 72.3 Å². The normalized spacial score (nSPS) is 15.3. The Hall–Kier alpha value is -8.01. The number of carboxylic acids is 2. The van der Waals surface area contributed by atoms with Gasteiger partial charge in [0.1, 0.15) is 82.2 Å². The number of aromatic nitrogens is 7. The Morgan fingerprint density at radius 1 is 0.725 bits per heavy atom. The molecule has 478 valence electrons. The first-order valence-corrected chi connectivity index (χ1v) is 34.0. The van der Waals surface area contributed by atoms with Gasteiger partial charge in [0.25, 0.3) is 11.8 Å². The molecule has 0 saturated heterocycles. The third-order valence-corrected chi connectivity index (χ3v) is 20.6. The fourth-order valence-corrected chi connectivity index (χ4v) is 15.5. The Labute approximate surface area is 546 Å². The first-order chi connectivity index (χ1) is 43.7. The van der Waals surface area contributed by atoms with E-state index in [0.29, 0.717) is 124 Å². The van der Waals surface area contributed by atoms with Crippen LogP contribution in [-0.4, -0.2) is 125 Å². The molecule has 31 heteroatoms. The number of hydrogen-bond donors (Lipinski definition) is 8. The maximum atomic E-state index is 14.2. The van der Waals surface area contributed by atoms with Gasteiger partial charge >= 0.3 is 11.9 Å². The number of benzene rings is 1. The van der Waals surface area contributed by atoms with Crippen LogP contribution >= 0.6 is 68.0 Å².